The average molecular weight is 373 g/mol. The molecule has 6 nitrogen and oxygen atoms in total. The van der Waals surface area contributed by atoms with Gasteiger partial charge in [0.1, 0.15) is 0 Å². The van der Waals surface area contributed by atoms with E-state index in [9.17, 15) is 9.59 Å². The molecule has 3 N–H and O–H groups in total. The van der Waals surface area contributed by atoms with E-state index in [4.69, 9.17) is 4.74 Å². The van der Waals surface area contributed by atoms with Crippen molar-refractivity contribution in [3.63, 3.8) is 0 Å². The maximum atomic E-state index is 12.6. The Labute approximate surface area is 161 Å². The molecule has 0 saturated heterocycles. The van der Waals surface area contributed by atoms with Crippen molar-refractivity contribution in [1.29, 1.82) is 0 Å². The molecule has 1 aliphatic heterocycles. The Kier molecular flexibility index (Phi) is 5.75. The molecule has 0 spiro atoms. The normalized spacial score (nSPS) is 24.2. The van der Waals surface area contributed by atoms with Gasteiger partial charge in [0.25, 0.3) is 0 Å². The molecule has 1 heterocycles. The first-order valence-corrected chi connectivity index (χ1v) is 9.96. The number of anilines is 1. The van der Waals surface area contributed by atoms with Crippen LogP contribution in [0.25, 0.3) is 0 Å². The van der Waals surface area contributed by atoms with Crippen LogP contribution < -0.4 is 16.0 Å². The number of hydrogen-bond acceptors (Lipinski definition) is 3. The fourth-order valence-corrected chi connectivity index (χ4v) is 4.63. The first-order valence-electron chi connectivity index (χ1n) is 9.96. The molecule has 1 aliphatic carbocycles. The van der Waals surface area contributed by atoms with E-state index < -0.39 is 0 Å². The standard InChI is InChI=1S/C21H31N3O3/c1-5-21(6-2)17(12-18(21)27-4)24-20(26)22-13(3)14-7-9-16-15(11-14)8-10-19(25)23-16/h7,9,11,13,17-18H,5-6,8,10,12H2,1-4H3,(H,23,25)(H2,22,24,26). The quantitative estimate of drug-likeness (QED) is 0.714. The molecule has 6 heteroatoms. The van der Waals surface area contributed by atoms with Gasteiger partial charge in [-0.15, -0.1) is 0 Å². The van der Waals surface area contributed by atoms with Crippen LogP contribution in [-0.4, -0.2) is 31.2 Å². The summed E-state index contributed by atoms with van der Waals surface area (Å²) in [5, 5.41) is 9.10. The third kappa shape index (κ3) is 3.68. The van der Waals surface area contributed by atoms with Crippen molar-refractivity contribution < 1.29 is 14.3 Å². The highest BCUT2D eigenvalue weighted by Gasteiger charge is 2.53. The van der Waals surface area contributed by atoms with E-state index in [1.54, 1.807) is 7.11 Å². The van der Waals surface area contributed by atoms with Gasteiger partial charge in [0.2, 0.25) is 5.91 Å². The Hall–Kier alpha value is -2.08. The summed E-state index contributed by atoms with van der Waals surface area (Å²) in [6.45, 7) is 6.31. The van der Waals surface area contributed by atoms with Crippen LogP contribution in [0.5, 0.6) is 0 Å². The molecule has 3 atom stereocenters. The summed E-state index contributed by atoms with van der Waals surface area (Å²) in [5.74, 6) is 0.0611. The fraction of sp³-hybridized carbons (Fsp3) is 0.619. The Morgan fingerprint density at radius 3 is 2.74 bits per heavy atom. The average Bonchev–Trinajstić information content (AvgIpc) is 2.65. The highest BCUT2D eigenvalue weighted by molar-refractivity contribution is 5.93. The Morgan fingerprint density at radius 2 is 2.07 bits per heavy atom. The topological polar surface area (TPSA) is 79.5 Å². The third-order valence-electron chi connectivity index (χ3n) is 6.56. The van der Waals surface area contributed by atoms with Crippen LogP contribution in [-0.2, 0) is 16.0 Å². The fourth-order valence-electron chi connectivity index (χ4n) is 4.63. The lowest BCUT2D eigenvalue weighted by atomic mass is 9.58. The minimum Gasteiger partial charge on any atom is -0.381 e. The maximum Gasteiger partial charge on any atom is 0.315 e. The summed E-state index contributed by atoms with van der Waals surface area (Å²) in [7, 11) is 1.75. The van der Waals surface area contributed by atoms with Gasteiger partial charge in [-0.3, -0.25) is 4.79 Å². The summed E-state index contributed by atoms with van der Waals surface area (Å²) >= 11 is 0. The third-order valence-corrected chi connectivity index (χ3v) is 6.56. The number of hydrogen-bond donors (Lipinski definition) is 3. The number of methoxy groups -OCH3 is 1. The van der Waals surface area contributed by atoms with E-state index in [0.717, 1.165) is 42.5 Å². The molecule has 2 aliphatic rings. The van der Waals surface area contributed by atoms with E-state index in [0.29, 0.717) is 6.42 Å². The maximum absolute atomic E-state index is 12.6. The largest absolute Gasteiger partial charge is 0.381 e. The zero-order valence-electron chi connectivity index (χ0n) is 16.7. The van der Waals surface area contributed by atoms with E-state index in [1.807, 2.05) is 19.1 Å². The van der Waals surface area contributed by atoms with Gasteiger partial charge in [-0.2, -0.15) is 0 Å². The molecular weight excluding hydrogens is 342 g/mol. The second kappa shape index (κ2) is 7.89. The number of fused-ring (bicyclic) bond motifs is 1. The Balaban J connectivity index is 1.61. The predicted molar refractivity (Wildman–Crippen MR) is 106 cm³/mol. The Morgan fingerprint density at radius 1 is 1.33 bits per heavy atom. The van der Waals surface area contributed by atoms with Crippen molar-refractivity contribution in [3.05, 3.63) is 29.3 Å². The monoisotopic (exact) mass is 373 g/mol. The van der Waals surface area contributed by atoms with Crippen LogP contribution in [0.3, 0.4) is 0 Å². The molecule has 0 bridgehead atoms. The van der Waals surface area contributed by atoms with E-state index >= 15 is 0 Å². The van der Waals surface area contributed by atoms with Gasteiger partial charge in [0, 0.05) is 30.7 Å². The van der Waals surface area contributed by atoms with Crippen molar-refractivity contribution in [2.45, 2.75) is 71.1 Å². The van der Waals surface area contributed by atoms with Crippen LogP contribution in [0.1, 0.15) is 63.6 Å². The van der Waals surface area contributed by atoms with Gasteiger partial charge >= 0.3 is 6.03 Å². The van der Waals surface area contributed by atoms with Crippen molar-refractivity contribution in [3.8, 4) is 0 Å². The minimum absolute atomic E-state index is 0.0271. The van der Waals surface area contributed by atoms with Crippen molar-refractivity contribution in [2.75, 3.05) is 12.4 Å². The van der Waals surface area contributed by atoms with Crippen molar-refractivity contribution >= 4 is 17.6 Å². The van der Waals surface area contributed by atoms with Crippen molar-refractivity contribution in [1.82, 2.24) is 10.6 Å². The summed E-state index contributed by atoms with van der Waals surface area (Å²) in [6, 6.07) is 5.85. The van der Waals surface area contributed by atoms with Crippen LogP contribution in [0.4, 0.5) is 10.5 Å². The van der Waals surface area contributed by atoms with Gasteiger partial charge in [0.05, 0.1) is 12.1 Å². The smallest absolute Gasteiger partial charge is 0.315 e. The molecule has 0 aromatic heterocycles. The molecule has 1 aromatic rings. The number of nitrogens with one attached hydrogen (secondary N) is 3. The molecule has 0 radical (unpaired) electrons. The molecule has 27 heavy (non-hydrogen) atoms. The SMILES string of the molecule is CCC1(CC)C(NC(=O)NC(C)c2ccc3c(c2)CCC(=O)N3)CC1OC. The van der Waals surface area contributed by atoms with Crippen LogP contribution in [0, 0.1) is 5.41 Å². The lowest BCUT2D eigenvalue weighted by Gasteiger charge is -2.55. The number of carbonyl (C=O) groups is 2. The molecule has 3 amide bonds. The number of rotatable bonds is 6. The van der Waals surface area contributed by atoms with Gasteiger partial charge in [0.15, 0.2) is 0 Å². The predicted octanol–water partition coefficient (Wildman–Crippen LogP) is 3.53. The number of amides is 3. The molecule has 1 saturated carbocycles. The second-order valence-electron chi connectivity index (χ2n) is 7.76. The molecule has 1 aromatic carbocycles. The summed E-state index contributed by atoms with van der Waals surface area (Å²) in [4.78, 5) is 24.0. The number of aryl methyl sites for hydroxylation is 1. The number of carbonyl (C=O) groups excluding carboxylic acids is 2. The van der Waals surface area contributed by atoms with Gasteiger partial charge in [-0.25, -0.2) is 4.79 Å². The van der Waals surface area contributed by atoms with Gasteiger partial charge in [-0.05, 0) is 49.8 Å². The molecule has 3 rings (SSSR count). The van der Waals surface area contributed by atoms with Crippen molar-refractivity contribution in [2.24, 2.45) is 5.41 Å². The van der Waals surface area contributed by atoms with E-state index in [1.165, 1.54) is 0 Å². The molecule has 148 valence electrons. The van der Waals surface area contributed by atoms with E-state index in [-0.39, 0.29) is 35.5 Å². The van der Waals surface area contributed by atoms with Crippen LogP contribution in [0.15, 0.2) is 18.2 Å². The molecular formula is C21H31N3O3. The number of benzene rings is 1. The number of urea groups is 1. The second-order valence-corrected chi connectivity index (χ2v) is 7.76. The zero-order chi connectivity index (χ0) is 19.6. The van der Waals surface area contributed by atoms with Gasteiger partial charge in [-0.1, -0.05) is 26.0 Å². The lowest BCUT2D eigenvalue weighted by molar-refractivity contribution is -0.120. The zero-order valence-corrected chi connectivity index (χ0v) is 16.7. The summed E-state index contributed by atoms with van der Waals surface area (Å²) < 4.78 is 5.60. The lowest BCUT2D eigenvalue weighted by Crippen LogP contribution is -2.65. The summed E-state index contributed by atoms with van der Waals surface area (Å²) in [6.07, 6.45) is 4.30. The first-order chi connectivity index (χ1) is 12.9. The minimum atomic E-state index is -0.139. The summed E-state index contributed by atoms with van der Waals surface area (Å²) in [5.41, 5.74) is 3.07. The highest BCUT2D eigenvalue weighted by atomic mass is 16.5. The Bertz CT molecular complexity index is 715. The number of ether oxygens (including phenoxy) is 1. The molecule has 1 fully saturated rings. The van der Waals surface area contributed by atoms with Crippen LogP contribution in [0.2, 0.25) is 0 Å². The highest BCUT2D eigenvalue weighted by Crippen LogP contribution is 2.48. The first kappa shape index (κ1) is 19.7. The molecule has 3 unspecified atom stereocenters. The van der Waals surface area contributed by atoms with Crippen LogP contribution >= 0.6 is 0 Å². The van der Waals surface area contributed by atoms with E-state index in [2.05, 4.69) is 35.9 Å². The van der Waals surface area contributed by atoms with Gasteiger partial charge < -0.3 is 20.7 Å².